The second kappa shape index (κ2) is 3.97. The highest BCUT2D eigenvalue weighted by atomic mass is 16.3. The summed E-state index contributed by atoms with van der Waals surface area (Å²) in [5.74, 6) is 0.812. The third-order valence-electron chi connectivity index (χ3n) is 2.97. The number of nitrogens with zero attached hydrogens (tertiary/aromatic N) is 1. The van der Waals surface area contributed by atoms with Gasteiger partial charge in [0.25, 0.3) is 0 Å². The summed E-state index contributed by atoms with van der Waals surface area (Å²) in [5.41, 5.74) is 1.12. The molecule has 0 aromatic carbocycles. The van der Waals surface area contributed by atoms with Crippen LogP contribution in [0.4, 0.5) is 0 Å². The molecule has 3 nitrogen and oxygen atoms in total. The fraction of sp³-hybridized carbons (Fsp3) is 0.750. The molecule has 0 bridgehead atoms. The molecule has 0 radical (unpaired) electrons. The fourth-order valence-corrected chi connectivity index (χ4v) is 1.58. The summed E-state index contributed by atoms with van der Waals surface area (Å²) in [6.07, 6.45) is 5.73. The minimum Gasteiger partial charge on any atom is -0.447 e. The Bertz CT molecular complexity index is 321. The molecule has 0 unspecified atom stereocenters. The Morgan fingerprint density at radius 3 is 2.67 bits per heavy atom. The Kier molecular flexibility index (Phi) is 2.83. The normalized spacial score (nSPS) is 17.8. The third kappa shape index (κ3) is 2.59. The molecule has 84 valence electrons. The van der Waals surface area contributed by atoms with Crippen molar-refractivity contribution in [2.75, 3.05) is 0 Å². The molecule has 1 heterocycles. The van der Waals surface area contributed by atoms with Crippen molar-refractivity contribution in [3.8, 4) is 0 Å². The van der Waals surface area contributed by atoms with Crippen LogP contribution in [0, 0.1) is 0 Å². The lowest BCUT2D eigenvalue weighted by Gasteiger charge is -2.25. The molecule has 1 aliphatic carbocycles. The Hall–Kier alpha value is -0.830. The highest BCUT2D eigenvalue weighted by molar-refractivity contribution is 5.08. The topological polar surface area (TPSA) is 38.1 Å². The molecule has 1 aromatic heterocycles. The number of hydrogen-bond acceptors (Lipinski definition) is 3. The minimum absolute atomic E-state index is 0.0816. The van der Waals surface area contributed by atoms with E-state index < -0.39 is 0 Å². The smallest absolute Gasteiger partial charge is 0.208 e. The van der Waals surface area contributed by atoms with Crippen LogP contribution >= 0.6 is 0 Å². The van der Waals surface area contributed by atoms with Gasteiger partial charge in [-0.05, 0) is 12.8 Å². The number of hydrogen-bond donors (Lipinski definition) is 1. The number of nitrogens with one attached hydrogen (secondary N) is 1. The van der Waals surface area contributed by atoms with E-state index in [4.69, 9.17) is 4.42 Å². The first kappa shape index (κ1) is 10.7. The number of rotatable bonds is 3. The van der Waals surface area contributed by atoms with Crippen molar-refractivity contribution >= 4 is 0 Å². The van der Waals surface area contributed by atoms with Crippen molar-refractivity contribution in [3.05, 3.63) is 17.8 Å². The van der Waals surface area contributed by atoms with Gasteiger partial charge in [-0.15, -0.1) is 0 Å². The molecule has 1 aliphatic rings. The largest absolute Gasteiger partial charge is 0.447 e. The maximum Gasteiger partial charge on any atom is 0.208 e. The highest BCUT2D eigenvalue weighted by Crippen LogP contribution is 2.22. The molecule has 0 saturated heterocycles. The van der Waals surface area contributed by atoms with Crippen LogP contribution in [0.25, 0.3) is 0 Å². The monoisotopic (exact) mass is 208 g/mol. The summed E-state index contributed by atoms with van der Waals surface area (Å²) in [6, 6.07) is 0.690. The minimum atomic E-state index is 0.0816. The van der Waals surface area contributed by atoms with E-state index in [1.807, 2.05) is 0 Å². The SMILES string of the molecule is CC(C)(C)c1coc(CNC2CCC2)n1. The molecule has 1 fully saturated rings. The molecule has 1 saturated carbocycles. The lowest BCUT2D eigenvalue weighted by Crippen LogP contribution is -2.34. The van der Waals surface area contributed by atoms with E-state index in [-0.39, 0.29) is 5.41 Å². The van der Waals surface area contributed by atoms with E-state index in [0.29, 0.717) is 6.04 Å². The Morgan fingerprint density at radius 1 is 1.47 bits per heavy atom. The second-order valence-corrected chi connectivity index (χ2v) is 5.39. The first-order valence-electron chi connectivity index (χ1n) is 5.74. The van der Waals surface area contributed by atoms with Crippen LogP contribution in [0.3, 0.4) is 0 Å². The van der Waals surface area contributed by atoms with Gasteiger partial charge in [0, 0.05) is 11.5 Å². The van der Waals surface area contributed by atoms with Crippen LogP contribution in [0.15, 0.2) is 10.7 Å². The molecule has 1 N–H and O–H groups in total. The van der Waals surface area contributed by atoms with E-state index >= 15 is 0 Å². The Morgan fingerprint density at radius 2 is 2.20 bits per heavy atom. The second-order valence-electron chi connectivity index (χ2n) is 5.39. The van der Waals surface area contributed by atoms with E-state index in [2.05, 4.69) is 31.1 Å². The summed E-state index contributed by atoms with van der Waals surface area (Å²) in [6.45, 7) is 7.21. The van der Waals surface area contributed by atoms with Crippen molar-refractivity contribution in [3.63, 3.8) is 0 Å². The van der Waals surface area contributed by atoms with Crippen molar-refractivity contribution in [1.82, 2.24) is 10.3 Å². The molecule has 0 spiro atoms. The highest BCUT2D eigenvalue weighted by Gasteiger charge is 2.20. The molecular weight excluding hydrogens is 188 g/mol. The first-order chi connectivity index (χ1) is 7.05. The van der Waals surface area contributed by atoms with Crippen molar-refractivity contribution in [2.24, 2.45) is 0 Å². The van der Waals surface area contributed by atoms with Crippen LogP contribution < -0.4 is 5.32 Å². The van der Waals surface area contributed by atoms with E-state index in [9.17, 15) is 0 Å². The van der Waals surface area contributed by atoms with Crippen LogP contribution in [-0.2, 0) is 12.0 Å². The van der Waals surface area contributed by atoms with Gasteiger partial charge in [-0.3, -0.25) is 0 Å². The van der Waals surface area contributed by atoms with Crippen LogP contribution in [0.1, 0.15) is 51.6 Å². The molecular formula is C12H20N2O. The van der Waals surface area contributed by atoms with Gasteiger partial charge < -0.3 is 9.73 Å². The van der Waals surface area contributed by atoms with Gasteiger partial charge in [0.1, 0.15) is 6.26 Å². The zero-order chi connectivity index (χ0) is 10.9. The van der Waals surface area contributed by atoms with Crippen molar-refractivity contribution < 1.29 is 4.42 Å². The summed E-state index contributed by atoms with van der Waals surface area (Å²) < 4.78 is 5.44. The zero-order valence-electron chi connectivity index (χ0n) is 9.84. The molecule has 0 amide bonds. The molecule has 1 aromatic rings. The van der Waals surface area contributed by atoms with Gasteiger partial charge in [0.2, 0.25) is 5.89 Å². The average molecular weight is 208 g/mol. The van der Waals surface area contributed by atoms with Gasteiger partial charge in [-0.2, -0.15) is 0 Å². The Labute approximate surface area is 91.3 Å². The Balaban J connectivity index is 1.89. The van der Waals surface area contributed by atoms with Crippen molar-refractivity contribution in [1.29, 1.82) is 0 Å². The lowest BCUT2D eigenvalue weighted by molar-refractivity contribution is 0.322. The maximum absolute atomic E-state index is 5.44. The zero-order valence-corrected chi connectivity index (χ0v) is 9.84. The predicted octanol–water partition coefficient (Wildman–Crippen LogP) is 2.61. The van der Waals surface area contributed by atoms with Crippen molar-refractivity contribution in [2.45, 2.75) is 58.0 Å². The summed E-state index contributed by atoms with van der Waals surface area (Å²) >= 11 is 0. The quantitative estimate of drug-likeness (QED) is 0.829. The van der Waals surface area contributed by atoms with Gasteiger partial charge in [0.15, 0.2) is 0 Å². The summed E-state index contributed by atoms with van der Waals surface area (Å²) in [7, 11) is 0. The molecule has 15 heavy (non-hydrogen) atoms. The van der Waals surface area contributed by atoms with Gasteiger partial charge in [-0.1, -0.05) is 27.2 Å². The number of oxazole rings is 1. The van der Waals surface area contributed by atoms with Crippen LogP contribution in [0.2, 0.25) is 0 Å². The van der Waals surface area contributed by atoms with E-state index in [0.717, 1.165) is 18.1 Å². The molecule has 2 rings (SSSR count). The summed E-state index contributed by atoms with van der Waals surface area (Å²) in [5, 5.41) is 3.44. The van der Waals surface area contributed by atoms with E-state index in [1.54, 1.807) is 6.26 Å². The maximum atomic E-state index is 5.44. The lowest BCUT2D eigenvalue weighted by atomic mass is 9.93. The number of aromatic nitrogens is 1. The first-order valence-corrected chi connectivity index (χ1v) is 5.74. The van der Waals surface area contributed by atoms with Crippen LogP contribution in [-0.4, -0.2) is 11.0 Å². The van der Waals surface area contributed by atoms with Gasteiger partial charge in [0.05, 0.1) is 12.2 Å². The molecule has 0 aliphatic heterocycles. The summed E-state index contributed by atoms with van der Waals surface area (Å²) in [4.78, 5) is 4.48. The molecule has 3 heteroatoms. The third-order valence-corrected chi connectivity index (χ3v) is 2.97. The van der Waals surface area contributed by atoms with Crippen LogP contribution in [0.5, 0.6) is 0 Å². The standard InChI is InChI=1S/C12H20N2O/c1-12(2,3)10-8-15-11(14-10)7-13-9-5-4-6-9/h8-9,13H,4-7H2,1-3H3. The molecule has 0 atom stereocenters. The van der Waals surface area contributed by atoms with E-state index in [1.165, 1.54) is 19.3 Å². The fourth-order valence-electron chi connectivity index (χ4n) is 1.58. The van der Waals surface area contributed by atoms with Gasteiger partial charge >= 0.3 is 0 Å². The average Bonchev–Trinajstić information content (AvgIpc) is 2.48. The predicted molar refractivity (Wildman–Crippen MR) is 59.7 cm³/mol. The van der Waals surface area contributed by atoms with Gasteiger partial charge in [-0.25, -0.2) is 4.98 Å².